The number of thiophene rings is 1. The Labute approximate surface area is 127 Å². The molecule has 4 heteroatoms. The molecule has 0 aliphatic rings. The van der Waals surface area contributed by atoms with Crippen molar-refractivity contribution < 1.29 is 4.74 Å². The molecule has 0 spiro atoms. The highest BCUT2D eigenvalue weighted by Crippen LogP contribution is 2.28. The van der Waals surface area contributed by atoms with Crippen LogP contribution < -0.4 is 4.74 Å². The van der Waals surface area contributed by atoms with E-state index >= 15 is 0 Å². The largest absolute Gasteiger partial charge is 0.496 e. The van der Waals surface area contributed by atoms with Crippen molar-refractivity contribution in [3.8, 4) is 5.75 Å². The van der Waals surface area contributed by atoms with Gasteiger partial charge in [0.2, 0.25) is 0 Å². The van der Waals surface area contributed by atoms with Crippen molar-refractivity contribution in [3.63, 3.8) is 0 Å². The molecule has 2 rings (SSSR count). The topological polar surface area (TPSA) is 12.5 Å². The first-order chi connectivity index (χ1) is 9.11. The standard InChI is InChI=1S/C15H18BrNOS/c1-11(15-5-4-8-19-15)17(2)10-12-9-13(16)6-7-14(12)18-3/h4-9,11H,10H2,1-3H3. The van der Waals surface area contributed by atoms with Gasteiger partial charge in [0.05, 0.1) is 7.11 Å². The zero-order valence-corrected chi connectivity index (χ0v) is 13.8. The number of benzene rings is 1. The molecule has 0 aliphatic carbocycles. The summed E-state index contributed by atoms with van der Waals surface area (Å²) in [5.41, 5.74) is 1.20. The molecule has 0 amide bonds. The molecular weight excluding hydrogens is 322 g/mol. The van der Waals surface area contributed by atoms with E-state index in [2.05, 4.69) is 58.4 Å². The smallest absolute Gasteiger partial charge is 0.123 e. The maximum atomic E-state index is 5.43. The molecule has 0 fully saturated rings. The van der Waals surface area contributed by atoms with E-state index < -0.39 is 0 Å². The van der Waals surface area contributed by atoms with Crippen molar-refractivity contribution in [3.05, 3.63) is 50.6 Å². The van der Waals surface area contributed by atoms with E-state index in [0.717, 1.165) is 16.8 Å². The molecule has 102 valence electrons. The van der Waals surface area contributed by atoms with Crippen molar-refractivity contribution in [2.45, 2.75) is 19.5 Å². The molecule has 0 saturated carbocycles. The third-order valence-corrected chi connectivity index (χ3v) is 4.81. The van der Waals surface area contributed by atoms with Crippen LogP contribution in [0, 0.1) is 0 Å². The Balaban J connectivity index is 2.14. The number of ether oxygens (including phenoxy) is 1. The van der Waals surface area contributed by atoms with Gasteiger partial charge in [0.1, 0.15) is 5.75 Å². The van der Waals surface area contributed by atoms with Crippen LogP contribution in [0.25, 0.3) is 0 Å². The van der Waals surface area contributed by atoms with Crippen LogP contribution in [0.3, 0.4) is 0 Å². The van der Waals surface area contributed by atoms with Crippen molar-refractivity contribution in [2.24, 2.45) is 0 Å². The lowest BCUT2D eigenvalue weighted by molar-refractivity contribution is 0.252. The van der Waals surface area contributed by atoms with Crippen molar-refractivity contribution >= 4 is 27.3 Å². The molecular formula is C15H18BrNOS. The van der Waals surface area contributed by atoms with Crippen LogP contribution in [0.1, 0.15) is 23.4 Å². The van der Waals surface area contributed by atoms with Crippen molar-refractivity contribution in [1.29, 1.82) is 0 Å². The summed E-state index contributed by atoms with van der Waals surface area (Å²) in [6, 6.07) is 10.8. The number of methoxy groups -OCH3 is 1. The van der Waals surface area contributed by atoms with Gasteiger partial charge in [-0.15, -0.1) is 11.3 Å². The molecule has 1 heterocycles. The number of hydrogen-bond donors (Lipinski definition) is 0. The fourth-order valence-electron chi connectivity index (χ4n) is 2.02. The maximum Gasteiger partial charge on any atom is 0.123 e. The van der Waals surface area contributed by atoms with Crippen LogP contribution in [-0.2, 0) is 6.54 Å². The van der Waals surface area contributed by atoms with Gasteiger partial charge in [-0.2, -0.15) is 0 Å². The Morgan fingerprint density at radius 3 is 2.79 bits per heavy atom. The van der Waals surface area contributed by atoms with Gasteiger partial charge in [-0.25, -0.2) is 0 Å². The van der Waals surface area contributed by atoms with Crippen LogP contribution in [-0.4, -0.2) is 19.1 Å². The number of nitrogens with zero attached hydrogens (tertiary/aromatic N) is 1. The summed E-state index contributed by atoms with van der Waals surface area (Å²) in [4.78, 5) is 3.72. The monoisotopic (exact) mass is 339 g/mol. The summed E-state index contributed by atoms with van der Waals surface area (Å²) < 4.78 is 6.51. The second kappa shape index (κ2) is 6.55. The van der Waals surface area contributed by atoms with Crippen LogP contribution in [0.2, 0.25) is 0 Å². The molecule has 0 N–H and O–H groups in total. The lowest BCUT2D eigenvalue weighted by atomic mass is 10.1. The quantitative estimate of drug-likeness (QED) is 0.781. The molecule has 1 aromatic carbocycles. The minimum absolute atomic E-state index is 0.406. The summed E-state index contributed by atoms with van der Waals surface area (Å²) in [7, 11) is 3.86. The molecule has 1 aromatic heterocycles. The predicted octanol–water partition coefficient (Wildman–Crippen LogP) is 4.71. The molecule has 1 atom stereocenters. The van der Waals surface area contributed by atoms with Gasteiger partial charge in [0.15, 0.2) is 0 Å². The number of rotatable bonds is 5. The van der Waals surface area contributed by atoms with Crippen LogP contribution in [0.15, 0.2) is 40.2 Å². The first-order valence-corrected chi connectivity index (χ1v) is 7.85. The minimum atomic E-state index is 0.406. The first-order valence-electron chi connectivity index (χ1n) is 6.18. The Bertz CT molecular complexity index is 527. The molecule has 19 heavy (non-hydrogen) atoms. The van der Waals surface area contributed by atoms with E-state index in [9.17, 15) is 0 Å². The molecule has 2 nitrogen and oxygen atoms in total. The minimum Gasteiger partial charge on any atom is -0.496 e. The van der Waals surface area contributed by atoms with Crippen molar-refractivity contribution in [1.82, 2.24) is 4.90 Å². The normalized spacial score (nSPS) is 12.7. The lowest BCUT2D eigenvalue weighted by Crippen LogP contribution is -2.21. The van der Waals surface area contributed by atoms with Gasteiger partial charge in [0, 0.05) is 27.5 Å². The SMILES string of the molecule is COc1ccc(Br)cc1CN(C)C(C)c1cccs1. The number of halogens is 1. The van der Waals surface area contributed by atoms with Crippen molar-refractivity contribution in [2.75, 3.05) is 14.2 Å². The molecule has 0 bridgehead atoms. The Hall–Kier alpha value is -0.840. The number of hydrogen-bond acceptors (Lipinski definition) is 3. The Morgan fingerprint density at radius 2 is 2.16 bits per heavy atom. The maximum absolute atomic E-state index is 5.43. The van der Waals surface area contributed by atoms with Gasteiger partial charge in [-0.1, -0.05) is 22.0 Å². The second-order valence-corrected chi connectivity index (χ2v) is 6.46. The van der Waals surface area contributed by atoms with E-state index in [0.29, 0.717) is 6.04 Å². The highest BCUT2D eigenvalue weighted by molar-refractivity contribution is 9.10. The van der Waals surface area contributed by atoms with E-state index in [1.54, 1.807) is 18.4 Å². The van der Waals surface area contributed by atoms with Gasteiger partial charge >= 0.3 is 0 Å². The van der Waals surface area contributed by atoms with Gasteiger partial charge < -0.3 is 4.74 Å². The zero-order valence-electron chi connectivity index (χ0n) is 11.4. The molecule has 1 unspecified atom stereocenters. The molecule has 0 saturated heterocycles. The van der Waals surface area contributed by atoms with E-state index in [-0.39, 0.29) is 0 Å². The van der Waals surface area contributed by atoms with Gasteiger partial charge in [-0.3, -0.25) is 4.90 Å². The third kappa shape index (κ3) is 3.59. The zero-order chi connectivity index (χ0) is 13.8. The Morgan fingerprint density at radius 1 is 1.37 bits per heavy atom. The van der Waals surface area contributed by atoms with Crippen LogP contribution in [0.5, 0.6) is 5.75 Å². The molecule has 0 aliphatic heterocycles. The van der Waals surface area contributed by atoms with E-state index in [1.165, 1.54) is 10.4 Å². The fraction of sp³-hybridized carbons (Fsp3) is 0.333. The second-order valence-electron chi connectivity index (χ2n) is 4.56. The summed E-state index contributed by atoms with van der Waals surface area (Å²) in [5.74, 6) is 0.938. The highest BCUT2D eigenvalue weighted by atomic mass is 79.9. The van der Waals surface area contributed by atoms with E-state index in [4.69, 9.17) is 4.74 Å². The van der Waals surface area contributed by atoms with Gasteiger partial charge in [-0.05, 0) is 43.6 Å². The van der Waals surface area contributed by atoms with E-state index in [1.807, 2.05) is 12.1 Å². The summed E-state index contributed by atoms with van der Waals surface area (Å²) in [5, 5.41) is 2.12. The lowest BCUT2D eigenvalue weighted by Gasteiger charge is -2.24. The molecule has 2 aromatic rings. The fourth-order valence-corrected chi connectivity index (χ4v) is 3.28. The predicted molar refractivity (Wildman–Crippen MR) is 84.9 cm³/mol. The summed E-state index contributed by atoms with van der Waals surface area (Å²) in [6.07, 6.45) is 0. The third-order valence-electron chi connectivity index (χ3n) is 3.28. The molecule has 0 radical (unpaired) electrons. The highest BCUT2D eigenvalue weighted by Gasteiger charge is 2.15. The summed E-state index contributed by atoms with van der Waals surface area (Å²) in [6.45, 7) is 3.10. The van der Waals surface area contributed by atoms with Crippen LogP contribution >= 0.6 is 27.3 Å². The van der Waals surface area contributed by atoms with Crippen LogP contribution in [0.4, 0.5) is 0 Å². The average molecular weight is 340 g/mol. The summed E-state index contributed by atoms with van der Waals surface area (Å²) >= 11 is 5.32. The Kier molecular flexibility index (Phi) is 5.02. The first kappa shape index (κ1) is 14.6. The van der Waals surface area contributed by atoms with Gasteiger partial charge in [0.25, 0.3) is 0 Å². The average Bonchev–Trinajstić information content (AvgIpc) is 2.92.